The molecule has 0 heterocycles. The Morgan fingerprint density at radius 2 is 1.71 bits per heavy atom. The van der Waals surface area contributed by atoms with E-state index in [2.05, 4.69) is 21.2 Å². The summed E-state index contributed by atoms with van der Waals surface area (Å²) < 4.78 is 0.898. The van der Waals surface area contributed by atoms with Crippen LogP contribution >= 0.6 is 15.9 Å². The van der Waals surface area contributed by atoms with E-state index >= 15 is 0 Å². The van der Waals surface area contributed by atoms with Gasteiger partial charge in [-0.3, -0.25) is 4.79 Å². The van der Waals surface area contributed by atoms with Crippen LogP contribution < -0.4 is 5.32 Å². The lowest BCUT2D eigenvalue weighted by molar-refractivity contribution is -0.0119. The molecule has 4 saturated carbocycles. The molecule has 1 N–H and O–H groups in total. The third-order valence-corrected chi connectivity index (χ3v) is 6.58. The van der Waals surface area contributed by atoms with Crippen molar-refractivity contribution in [2.45, 2.75) is 45.1 Å². The van der Waals surface area contributed by atoms with Crippen LogP contribution in [0, 0.1) is 30.6 Å². The number of carbonyl (C=O) groups is 1. The van der Waals surface area contributed by atoms with Gasteiger partial charge in [-0.25, -0.2) is 0 Å². The molecule has 5 rings (SSSR count). The topological polar surface area (TPSA) is 29.1 Å². The van der Waals surface area contributed by atoms with Crippen LogP contribution in [0.1, 0.15) is 48.0 Å². The van der Waals surface area contributed by atoms with Crippen LogP contribution in [0.3, 0.4) is 0 Å². The Bertz CT molecular complexity index is 555. The van der Waals surface area contributed by atoms with Crippen molar-refractivity contribution in [2.24, 2.45) is 23.7 Å². The van der Waals surface area contributed by atoms with E-state index in [-0.39, 0.29) is 5.91 Å². The summed E-state index contributed by atoms with van der Waals surface area (Å²) in [5.74, 6) is 3.46. The molecule has 1 aromatic carbocycles. The number of benzene rings is 1. The molecular formula is C18H22BrNO. The quantitative estimate of drug-likeness (QED) is 0.848. The van der Waals surface area contributed by atoms with Crippen molar-refractivity contribution in [3.05, 3.63) is 33.8 Å². The maximum atomic E-state index is 12.7. The molecule has 0 atom stereocenters. The Morgan fingerprint density at radius 1 is 1.10 bits per heavy atom. The summed E-state index contributed by atoms with van der Waals surface area (Å²) in [6, 6.07) is 6.40. The monoisotopic (exact) mass is 347 g/mol. The van der Waals surface area contributed by atoms with Crippen molar-refractivity contribution >= 4 is 21.8 Å². The predicted octanol–water partition coefficient (Wildman–Crippen LogP) is 4.31. The molecule has 0 saturated heterocycles. The highest BCUT2D eigenvalue weighted by molar-refractivity contribution is 9.10. The number of hydrogen-bond acceptors (Lipinski definition) is 1. The first-order valence-corrected chi connectivity index (χ1v) is 8.96. The zero-order valence-electron chi connectivity index (χ0n) is 12.4. The average Bonchev–Trinajstić information content (AvgIpc) is 2.44. The smallest absolute Gasteiger partial charge is 0.252 e. The molecule has 4 aliphatic carbocycles. The van der Waals surface area contributed by atoms with Crippen molar-refractivity contribution in [1.82, 2.24) is 5.32 Å². The van der Waals surface area contributed by atoms with Crippen molar-refractivity contribution in [3.8, 4) is 0 Å². The lowest BCUT2D eigenvalue weighted by Crippen LogP contribution is -2.55. The van der Waals surface area contributed by atoms with Gasteiger partial charge in [0.1, 0.15) is 0 Å². The van der Waals surface area contributed by atoms with Crippen LogP contribution in [-0.2, 0) is 0 Å². The van der Waals surface area contributed by atoms with Gasteiger partial charge < -0.3 is 5.32 Å². The van der Waals surface area contributed by atoms with Crippen LogP contribution in [0.15, 0.2) is 22.7 Å². The van der Waals surface area contributed by atoms with Gasteiger partial charge in [0.2, 0.25) is 0 Å². The lowest BCUT2D eigenvalue weighted by Gasteiger charge is -2.54. The van der Waals surface area contributed by atoms with E-state index in [0.29, 0.717) is 6.04 Å². The lowest BCUT2D eigenvalue weighted by atomic mass is 9.54. The highest BCUT2D eigenvalue weighted by atomic mass is 79.9. The van der Waals surface area contributed by atoms with Gasteiger partial charge in [-0.15, -0.1) is 0 Å². The molecular weight excluding hydrogens is 326 g/mol. The second-order valence-corrected chi connectivity index (χ2v) is 8.27. The van der Waals surface area contributed by atoms with Gasteiger partial charge in [-0.05, 0) is 90.8 Å². The van der Waals surface area contributed by atoms with E-state index in [0.717, 1.165) is 39.3 Å². The molecule has 1 amide bonds. The summed E-state index contributed by atoms with van der Waals surface area (Å²) in [5, 5.41) is 3.38. The van der Waals surface area contributed by atoms with Gasteiger partial charge >= 0.3 is 0 Å². The number of nitrogens with one attached hydrogen (secondary N) is 1. The fraction of sp³-hybridized carbons (Fsp3) is 0.611. The molecule has 112 valence electrons. The largest absolute Gasteiger partial charge is 0.349 e. The van der Waals surface area contributed by atoms with Crippen molar-refractivity contribution in [1.29, 1.82) is 0 Å². The Morgan fingerprint density at radius 3 is 2.33 bits per heavy atom. The first-order valence-electron chi connectivity index (χ1n) is 8.17. The molecule has 0 aliphatic heterocycles. The third kappa shape index (κ3) is 2.44. The van der Waals surface area contributed by atoms with Gasteiger partial charge in [0.05, 0.1) is 5.56 Å². The summed E-state index contributed by atoms with van der Waals surface area (Å²) in [6.45, 7) is 2.03. The van der Waals surface area contributed by atoms with Gasteiger partial charge in [-0.1, -0.05) is 11.6 Å². The summed E-state index contributed by atoms with van der Waals surface area (Å²) in [7, 11) is 0. The first kappa shape index (κ1) is 13.8. The second kappa shape index (κ2) is 5.12. The summed E-state index contributed by atoms with van der Waals surface area (Å²) >= 11 is 3.51. The summed E-state index contributed by atoms with van der Waals surface area (Å²) in [5.41, 5.74) is 1.91. The van der Waals surface area contributed by atoms with E-state index < -0.39 is 0 Å². The number of halogens is 1. The maximum Gasteiger partial charge on any atom is 0.252 e. The van der Waals surface area contributed by atoms with Crippen molar-refractivity contribution < 1.29 is 4.79 Å². The zero-order valence-corrected chi connectivity index (χ0v) is 14.0. The van der Waals surface area contributed by atoms with Crippen LogP contribution in [0.4, 0.5) is 0 Å². The molecule has 4 bridgehead atoms. The van der Waals surface area contributed by atoms with Crippen LogP contribution in [0.2, 0.25) is 0 Å². The Kier molecular flexibility index (Phi) is 3.36. The van der Waals surface area contributed by atoms with Gasteiger partial charge in [-0.2, -0.15) is 0 Å². The number of carbonyl (C=O) groups excluding carboxylic acids is 1. The molecule has 3 heteroatoms. The molecule has 1 aromatic rings. The molecule has 0 radical (unpaired) electrons. The van der Waals surface area contributed by atoms with E-state index in [9.17, 15) is 4.79 Å². The Labute approximate surface area is 134 Å². The van der Waals surface area contributed by atoms with Gasteiger partial charge in [0.25, 0.3) is 5.91 Å². The first-order chi connectivity index (χ1) is 10.1. The summed E-state index contributed by atoms with van der Waals surface area (Å²) in [4.78, 5) is 12.7. The van der Waals surface area contributed by atoms with Crippen LogP contribution in [-0.4, -0.2) is 11.9 Å². The van der Waals surface area contributed by atoms with Gasteiger partial charge in [0, 0.05) is 10.5 Å². The number of rotatable bonds is 2. The number of hydrogen-bond donors (Lipinski definition) is 1. The minimum Gasteiger partial charge on any atom is -0.349 e. The predicted molar refractivity (Wildman–Crippen MR) is 87.2 cm³/mol. The zero-order chi connectivity index (χ0) is 14.6. The van der Waals surface area contributed by atoms with Crippen LogP contribution in [0.5, 0.6) is 0 Å². The SMILES string of the molecule is Cc1ccc(Br)c(C(=O)NC2C3CC4CC(C3)CC2C4)c1. The van der Waals surface area contributed by atoms with Gasteiger partial charge in [0.15, 0.2) is 0 Å². The Hall–Kier alpha value is -0.830. The highest BCUT2D eigenvalue weighted by Gasteiger charge is 2.48. The van der Waals surface area contributed by atoms with E-state index in [4.69, 9.17) is 0 Å². The molecule has 4 fully saturated rings. The molecule has 0 spiro atoms. The van der Waals surface area contributed by atoms with Crippen molar-refractivity contribution in [2.75, 3.05) is 0 Å². The molecule has 4 aliphatic rings. The fourth-order valence-corrected chi connectivity index (χ4v) is 5.63. The maximum absolute atomic E-state index is 12.7. The van der Waals surface area contributed by atoms with E-state index in [1.165, 1.54) is 32.1 Å². The number of amides is 1. The molecule has 2 nitrogen and oxygen atoms in total. The second-order valence-electron chi connectivity index (χ2n) is 7.41. The van der Waals surface area contributed by atoms with E-state index in [1.807, 2.05) is 25.1 Å². The molecule has 21 heavy (non-hydrogen) atoms. The minimum atomic E-state index is 0.100. The van der Waals surface area contributed by atoms with E-state index in [1.54, 1.807) is 0 Å². The van der Waals surface area contributed by atoms with Crippen molar-refractivity contribution in [3.63, 3.8) is 0 Å². The highest BCUT2D eigenvalue weighted by Crippen LogP contribution is 2.53. The number of aryl methyl sites for hydroxylation is 1. The standard InChI is InChI=1S/C18H22BrNO/c1-10-2-3-16(19)15(4-10)18(21)20-17-13-6-11-5-12(8-13)9-14(17)7-11/h2-4,11-14,17H,5-9H2,1H3,(H,20,21). The minimum absolute atomic E-state index is 0.100. The third-order valence-electron chi connectivity index (χ3n) is 5.89. The van der Waals surface area contributed by atoms with Crippen LogP contribution in [0.25, 0.3) is 0 Å². The normalized spacial score (nSPS) is 36.8. The molecule has 0 aromatic heterocycles. The molecule has 0 unspecified atom stereocenters. The Balaban J connectivity index is 1.53. The summed E-state index contributed by atoms with van der Waals surface area (Å²) in [6.07, 6.45) is 6.82. The fourth-order valence-electron chi connectivity index (χ4n) is 5.20. The average molecular weight is 348 g/mol.